The van der Waals surface area contributed by atoms with E-state index in [0.717, 1.165) is 5.56 Å². The van der Waals surface area contributed by atoms with Crippen LogP contribution >= 0.6 is 24.2 Å². The first-order valence-electron chi connectivity index (χ1n) is 9.32. The Bertz CT molecular complexity index is 1050. The number of aryl methyl sites for hydroxylation is 1. The lowest BCUT2D eigenvalue weighted by atomic mass is 9.92. The van der Waals surface area contributed by atoms with Gasteiger partial charge in [-0.25, -0.2) is 0 Å². The van der Waals surface area contributed by atoms with Gasteiger partial charge in [-0.1, -0.05) is 29.5 Å². The second-order valence-corrected chi connectivity index (χ2v) is 8.25. The molecule has 1 N–H and O–H groups in total. The molecule has 1 fully saturated rings. The molecule has 8 heteroatoms. The van der Waals surface area contributed by atoms with Crippen LogP contribution in [0.3, 0.4) is 0 Å². The number of benzene rings is 1. The number of fused-ring (bicyclic) bond motifs is 1. The summed E-state index contributed by atoms with van der Waals surface area (Å²) in [4.78, 5) is 50.4. The molecule has 152 valence electrons. The molecule has 2 aliphatic rings. The second kappa shape index (κ2) is 8.55. The number of hydrogen-bond acceptors (Lipinski definition) is 5. The highest BCUT2D eigenvalue weighted by Crippen LogP contribution is 2.24. The summed E-state index contributed by atoms with van der Waals surface area (Å²) in [6.45, 7) is 1.95. The van der Waals surface area contributed by atoms with E-state index in [2.05, 4.69) is 5.32 Å². The van der Waals surface area contributed by atoms with Crippen molar-refractivity contribution in [3.8, 4) is 5.69 Å². The molecule has 1 aromatic carbocycles. The topological polar surface area (TPSA) is 85.2 Å². The number of amides is 1. The molecule has 4 rings (SSSR count). The quantitative estimate of drug-likeness (QED) is 0.806. The number of thioether (sulfide) groups is 1. The molecule has 1 atom stereocenters. The molecule has 0 saturated carbocycles. The summed E-state index contributed by atoms with van der Waals surface area (Å²) in [6.07, 6.45) is 2.23. The van der Waals surface area contributed by atoms with Crippen molar-refractivity contribution in [3.05, 3.63) is 63.1 Å². The SMILES string of the molecule is Cc1ccc(-n2c3c(cc(C(=O)NC4CCSC4=O)c2=O)C(=O)CCC3)cc1.Cl. The van der Waals surface area contributed by atoms with Gasteiger partial charge in [0, 0.05) is 29.1 Å². The number of aromatic nitrogens is 1. The number of ketones is 1. The Morgan fingerprint density at radius 3 is 2.52 bits per heavy atom. The van der Waals surface area contributed by atoms with Crippen molar-refractivity contribution in [1.29, 1.82) is 0 Å². The Morgan fingerprint density at radius 2 is 1.86 bits per heavy atom. The van der Waals surface area contributed by atoms with Crippen molar-refractivity contribution in [1.82, 2.24) is 9.88 Å². The number of halogens is 1. The van der Waals surface area contributed by atoms with Crippen LogP contribution in [0.5, 0.6) is 0 Å². The molecule has 1 aliphatic carbocycles. The maximum Gasteiger partial charge on any atom is 0.268 e. The van der Waals surface area contributed by atoms with E-state index in [1.54, 1.807) is 0 Å². The summed E-state index contributed by atoms with van der Waals surface area (Å²) in [5.41, 5.74) is 2.18. The van der Waals surface area contributed by atoms with E-state index in [0.29, 0.717) is 48.4 Å². The summed E-state index contributed by atoms with van der Waals surface area (Å²) in [7, 11) is 0. The summed E-state index contributed by atoms with van der Waals surface area (Å²) < 4.78 is 1.48. The number of rotatable bonds is 3. The van der Waals surface area contributed by atoms with Gasteiger partial charge in [0.2, 0.25) is 5.12 Å². The van der Waals surface area contributed by atoms with Gasteiger partial charge in [0.15, 0.2) is 5.78 Å². The predicted octanol–water partition coefficient (Wildman–Crippen LogP) is 2.85. The van der Waals surface area contributed by atoms with E-state index in [4.69, 9.17) is 0 Å². The largest absolute Gasteiger partial charge is 0.341 e. The smallest absolute Gasteiger partial charge is 0.268 e. The zero-order chi connectivity index (χ0) is 19.8. The second-order valence-electron chi connectivity index (χ2n) is 7.15. The summed E-state index contributed by atoms with van der Waals surface area (Å²) in [5, 5.41) is 2.57. The molecule has 0 spiro atoms. The molecule has 0 bridgehead atoms. The Labute approximate surface area is 178 Å². The Kier molecular flexibility index (Phi) is 6.29. The highest BCUT2D eigenvalue weighted by Gasteiger charge is 2.30. The molecule has 1 aromatic heterocycles. The Morgan fingerprint density at radius 1 is 1.14 bits per heavy atom. The molecule has 29 heavy (non-hydrogen) atoms. The average Bonchev–Trinajstić information content (AvgIpc) is 3.07. The number of carbonyl (C=O) groups is 3. The number of Topliss-reactive ketones (excluding diaryl/α,β-unsaturated/α-hetero) is 1. The highest BCUT2D eigenvalue weighted by molar-refractivity contribution is 8.14. The van der Waals surface area contributed by atoms with Gasteiger partial charge in [0.1, 0.15) is 5.56 Å². The fourth-order valence-electron chi connectivity index (χ4n) is 3.68. The molecule has 6 nitrogen and oxygen atoms in total. The number of hydrogen-bond donors (Lipinski definition) is 1. The number of nitrogens with zero attached hydrogens (tertiary/aromatic N) is 1. The van der Waals surface area contributed by atoms with Crippen molar-refractivity contribution < 1.29 is 14.4 Å². The zero-order valence-corrected chi connectivity index (χ0v) is 17.5. The number of nitrogens with one attached hydrogen (secondary N) is 1. The number of pyridine rings is 1. The van der Waals surface area contributed by atoms with E-state index in [-0.39, 0.29) is 28.9 Å². The van der Waals surface area contributed by atoms with Crippen LogP contribution < -0.4 is 10.9 Å². The maximum absolute atomic E-state index is 13.2. The van der Waals surface area contributed by atoms with E-state index in [1.165, 1.54) is 22.4 Å². The van der Waals surface area contributed by atoms with Gasteiger partial charge in [0.25, 0.3) is 11.5 Å². The van der Waals surface area contributed by atoms with E-state index in [9.17, 15) is 19.2 Å². The molecule has 1 unspecified atom stereocenters. The third kappa shape index (κ3) is 4.02. The highest BCUT2D eigenvalue weighted by atomic mass is 35.5. The summed E-state index contributed by atoms with van der Waals surface area (Å²) >= 11 is 1.18. The summed E-state index contributed by atoms with van der Waals surface area (Å²) in [6, 6.07) is 8.23. The van der Waals surface area contributed by atoms with Crippen molar-refractivity contribution >= 4 is 41.0 Å². The lowest BCUT2D eigenvalue weighted by molar-refractivity contribution is -0.112. The maximum atomic E-state index is 13.2. The first kappa shape index (κ1) is 21.3. The third-order valence-corrected chi connectivity index (χ3v) is 6.21. The standard InChI is InChI=1S/C21H20N2O4S.ClH/c1-12-5-7-13(8-6-12)23-17-3-2-4-18(24)14(17)11-15(20(23)26)19(25)22-16-9-10-28-21(16)27;/h5-8,11,16H,2-4,9-10H2,1H3,(H,22,25);1H. The van der Waals surface area contributed by atoms with Gasteiger partial charge in [-0.3, -0.25) is 23.7 Å². The van der Waals surface area contributed by atoms with Gasteiger partial charge in [-0.2, -0.15) is 0 Å². The molecule has 0 radical (unpaired) electrons. The first-order valence-corrected chi connectivity index (χ1v) is 10.3. The van der Waals surface area contributed by atoms with Gasteiger partial charge < -0.3 is 5.32 Å². The van der Waals surface area contributed by atoms with Crippen LogP contribution in [0.2, 0.25) is 0 Å². The van der Waals surface area contributed by atoms with Gasteiger partial charge in [0.05, 0.1) is 6.04 Å². The Hall–Kier alpha value is -2.38. The predicted molar refractivity (Wildman–Crippen MR) is 115 cm³/mol. The average molecular weight is 433 g/mol. The van der Waals surface area contributed by atoms with Gasteiger partial charge in [-0.05, 0) is 44.4 Å². The van der Waals surface area contributed by atoms with Crippen LogP contribution in [0.4, 0.5) is 0 Å². The zero-order valence-electron chi connectivity index (χ0n) is 15.9. The van der Waals surface area contributed by atoms with E-state index in [1.807, 2.05) is 31.2 Å². The van der Waals surface area contributed by atoms with Crippen LogP contribution in [-0.2, 0) is 11.2 Å². The third-order valence-electron chi connectivity index (χ3n) is 5.20. The first-order chi connectivity index (χ1) is 13.5. The minimum atomic E-state index is -0.604. The van der Waals surface area contributed by atoms with Crippen LogP contribution in [0, 0.1) is 6.92 Å². The lowest BCUT2D eigenvalue weighted by Crippen LogP contribution is -2.41. The molecule has 2 aromatic rings. The van der Waals surface area contributed by atoms with Crippen LogP contribution in [0.1, 0.15) is 51.2 Å². The van der Waals surface area contributed by atoms with E-state index >= 15 is 0 Å². The molecule has 1 saturated heterocycles. The molecule has 1 amide bonds. The molecule has 2 heterocycles. The fourth-order valence-corrected chi connectivity index (χ4v) is 4.62. The molecule has 1 aliphatic heterocycles. The van der Waals surface area contributed by atoms with Gasteiger partial charge in [-0.15, -0.1) is 12.4 Å². The van der Waals surface area contributed by atoms with Gasteiger partial charge >= 0.3 is 0 Å². The summed E-state index contributed by atoms with van der Waals surface area (Å²) in [5.74, 6) is -0.0170. The Balaban J connectivity index is 0.00000240. The van der Waals surface area contributed by atoms with Crippen LogP contribution in [0.25, 0.3) is 5.69 Å². The van der Waals surface area contributed by atoms with Crippen LogP contribution in [0.15, 0.2) is 35.1 Å². The fraction of sp³-hybridized carbons (Fsp3) is 0.333. The van der Waals surface area contributed by atoms with Crippen molar-refractivity contribution in [2.75, 3.05) is 5.75 Å². The molecular formula is C21H21ClN2O4S. The van der Waals surface area contributed by atoms with E-state index < -0.39 is 17.5 Å². The van der Waals surface area contributed by atoms with Crippen LogP contribution in [-0.4, -0.2) is 33.2 Å². The molecular weight excluding hydrogens is 412 g/mol. The van der Waals surface area contributed by atoms with Crippen molar-refractivity contribution in [2.24, 2.45) is 0 Å². The minimum Gasteiger partial charge on any atom is -0.341 e. The number of carbonyl (C=O) groups excluding carboxylic acids is 3. The van der Waals surface area contributed by atoms with Crippen molar-refractivity contribution in [2.45, 2.75) is 38.6 Å². The lowest BCUT2D eigenvalue weighted by Gasteiger charge is -2.22. The monoisotopic (exact) mass is 432 g/mol. The van der Waals surface area contributed by atoms with Crippen molar-refractivity contribution in [3.63, 3.8) is 0 Å². The normalized spacial score (nSPS) is 18.2. The minimum absolute atomic E-state index is 0.